The van der Waals surface area contributed by atoms with Crippen molar-refractivity contribution in [3.05, 3.63) is 71.4 Å². The van der Waals surface area contributed by atoms with Gasteiger partial charge in [-0.2, -0.15) is 18.2 Å². The van der Waals surface area contributed by atoms with E-state index in [0.717, 1.165) is 28.8 Å². The highest BCUT2D eigenvalue weighted by Crippen LogP contribution is 2.35. The number of benzene rings is 1. The zero-order chi connectivity index (χ0) is 25.2. The Morgan fingerprint density at radius 2 is 1.83 bits per heavy atom. The van der Waals surface area contributed by atoms with Crippen LogP contribution >= 0.6 is 0 Å². The van der Waals surface area contributed by atoms with Crippen LogP contribution in [0.15, 0.2) is 48.8 Å². The summed E-state index contributed by atoms with van der Waals surface area (Å²) in [5.41, 5.74) is 1.95. The Hall–Kier alpha value is -4.08. The van der Waals surface area contributed by atoms with E-state index in [-0.39, 0.29) is 5.56 Å². The standard InChI is InChI=1S/C25H22F3N5O2/c1-4-21-30-13-16-10-19(24(35-5-2)33-22(16)32-21)18-12-17(7-6-14(18)3)31-23(34)15-8-9-29-20(11-15)25(26,27)28/h6-13H,4-5H2,1-3H3,(H,31,34). The van der Waals surface area contributed by atoms with Gasteiger partial charge in [-0.1, -0.05) is 13.0 Å². The maximum atomic E-state index is 13.0. The Bertz CT molecular complexity index is 1410. The molecule has 10 heteroatoms. The summed E-state index contributed by atoms with van der Waals surface area (Å²) >= 11 is 0. The third kappa shape index (κ3) is 5.21. The van der Waals surface area contributed by atoms with E-state index < -0.39 is 17.8 Å². The highest BCUT2D eigenvalue weighted by atomic mass is 19.4. The molecule has 0 aliphatic carbocycles. The minimum Gasteiger partial charge on any atom is -0.477 e. The first-order valence-electron chi connectivity index (χ1n) is 10.9. The zero-order valence-corrected chi connectivity index (χ0v) is 19.3. The van der Waals surface area contributed by atoms with Gasteiger partial charge in [0.05, 0.1) is 6.61 Å². The molecule has 4 rings (SSSR count). The number of anilines is 1. The molecule has 7 nitrogen and oxygen atoms in total. The Balaban J connectivity index is 1.72. The first kappa shape index (κ1) is 24.1. The summed E-state index contributed by atoms with van der Waals surface area (Å²) in [5.74, 6) is 0.372. The summed E-state index contributed by atoms with van der Waals surface area (Å²) < 4.78 is 44.7. The van der Waals surface area contributed by atoms with Crippen molar-refractivity contribution in [2.75, 3.05) is 11.9 Å². The molecule has 0 saturated heterocycles. The minimum absolute atomic E-state index is 0.152. The average molecular weight is 481 g/mol. The fourth-order valence-corrected chi connectivity index (χ4v) is 3.51. The fraction of sp³-hybridized carbons (Fsp3) is 0.240. The van der Waals surface area contributed by atoms with E-state index in [1.165, 1.54) is 6.07 Å². The number of nitrogens with zero attached hydrogens (tertiary/aromatic N) is 4. The molecular weight excluding hydrogens is 459 g/mol. The third-order valence-electron chi connectivity index (χ3n) is 5.28. The molecule has 1 aromatic carbocycles. The number of halogens is 3. The van der Waals surface area contributed by atoms with Gasteiger partial charge in [-0.3, -0.25) is 9.78 Å². The topological polar surface area (TPSA) is 89.9 Å². The first-order valence-corrected chi connectivity index (χ1v) is 10.9. The number of alkyl halides is 3. The number of hydrogen-bond acceptors (Lipinski definition) is 6. The lowest BCUT2D eigenvalue weighted by Gasteiger charge is -2.15. The van der Waals surface area contributed by atoms with Gasteiger partial charge in [-0.05, 0) is 55.3 Å². The lowest BCUT2D eigenvalue weighted by Crippen LogP contribution is -2.15. The molecule has 0 radical (unpaired) electrons. The number of carbonyl (C=O) groups is 1. The van der Waals surface area contributed by atoms with Gasteiger partial charge < -0.3 is 10.1 Å². The zero-order valence-electron chi connectivity index (χ0n) is 19.3. The lowest BCUT2D eigenvalue weighted by molar-refractivity contribution is -0.141. The van der Waals surface area contributed by atoms with Crippen LogP contribution in [0.3, 0.4) is 0 Å². The van der Waals surface area contributed by atoms with Crippen molar-refractivity contribution in [1.82, 2.24) is 19.9 Å². The highest BCUT2D eigenvalue weighted by Gasteiger charge is 2.33. The predicted octanol–water partition coefficient (Wildman–Crippen LogP) is 5.63. The third-order valence-corrected chi connectivity index (χ3v) is 5.28. The van der Waals surface area contributed by atoms with Crippen molar-refractivity contribution < 1.29 is 22.7 Å². The molecule has 0 bridgehead atoms. The number of aryl methyl sites for hydroxylation is 2. The van der Waals surface area contributed by atoms with E-state index in [0.29, 0.717) is 41.6 Å². The summed E-state index contributed by atoms with van der Waals surface area (Å²) in [7, 11) is 0. The number of rotatable bonds is 6. The molecule has 3 heterocycles. The normalized spacial score (nSPS) is 11.5. The van der Waals surface area contributed by atoms with Gasteiger partial charge in [-0.25, -0.2) is 9.97 Å². The first-order chi connectivity index (χ1) is 16.7. The number of amides is 1. The van der Waals surface area contributed by atoms with Crippen LogP contribution in [-0.2, 0) is 12.6 Å². The minimum atomic E-state index is -4.65. The van der Waals surface area contributed by atoms with E-state index in [9.17, 15) is 18.0 Å². The Kier molecular flexibility index (Phi) is 6.63. The Morgan fingerprint density at radius 3 is 2.54 bits per heavy atom. The number of ether oxygens (including phenoxy) is 1. The molecule has 0 unspecified atom stereocenters. The predicted molar refractivity (Wildman–Crippen MR) is 125 cm³/mol. The summed E-state index contributed by atoms with van der Waals surface area (Å²) in [4.78, 5) is 29.4. The van der Waals surface area contributed by atoms with Crippen LogP contribution in [0.1, 0.15) is 41.3 Å². The van der Waals surface area contributed by atoms with Crippen molar-refractivity contribution in [2.45, 2.75) is 33.4 Å². The number of hydrogen-bond donors (Lipinski definition) is 1. The maximum Gasteiger partial charge on any atom is 0.433 e. The molecule has 35 heavy (non-hydrogen) atoms. The van der Waals surface area contributed by atoms with Gasteiger partial charge >= 0.3 is 6.18 Å². The molecule has 4 aromatic rings. The molecule has 180 valence electrons. The van der Waals surface area contributed by atoms with Crippen LogP contribution in [0.5, 0.6) is 5.88 Å². The molecule has 0 saturated carbocycles. The van der Waals surface area contributed by atoms with Crippen molar-refractivity contribution >= 4 is 22.6 Å². The second kappa shape index (κ2) is 9.65. The van der Waals surface area contributed by atoms with Crippen molar-refractivity contribution in [3.8, 4) is 17.0 Å². The van der Waals surface area contributed by atoms with Crippen LogP contribution < -0.4 is 10.1 Å². The van der Waals surface area contributed by atoms with Crippen LogP contribution in [0.4, 0.5) is 18.9 Å². The maximum absolute atomic E-state index is 13.0. The SMILES string of the molecule is CCOc1nc2nc(CC)ncc2cc1-c1cc(NC(=O)c2ccnc(C(F)(F)F)c2)ccc1C. The number of nitrogens with one attached hydrogen (secondary N) is 1. The van der Waals surface area contributed by atoms with Crippen LogP contribution in [0.2, 0.25) is 0 Å². The fourth-order valence-electron chi connectivity index (χ4n) is 3.51. The molecule has 0 spiro atoms. The van der Waals surface area contributed by atoms with E-state index >= 15 is 0 Å². The highest BCUT2D eigenvalue weighted by molar-refractivity contribution is 6.04. The quantitative estimate of drug-likeness (QED) is 0.384. The average Bonchev–Trinajstić information content (AvgIpc) is 2.84. The van der Waals surface area contributed by atoms with Crippen LogP contribution in [0.25, 0.3) is 22.2 Å². The van der Waals surface area contributed by atoms with E-state index in [1.54, 1.807) is 24.4 Å². The van der Waals surface area contributed by atoms with Crippen LogP contribution in [0, 0.1) is 6.92 Å². The van der Waals surface area contributed by atoms with Gasteiger partial charge in [0.1, 0.15) is 11.5 Å². The van der Waals surface area contributed by atoms with Gasteiger partial charge in [0.25, 0.3) is 5.91 Å². The van der Waals surface area contributed by atoms with Crippen molar-refractivity contribution in [1.29, 1.82) is 0 Å². The van der Waals surface area contributed by atoms with Crippen molar-refractivity contribution in [3.63, 3.8) is 0 Å². The Labute approximate surface area is 199 Å². The summed E-state index contributed by atoms with van der Waals surface area (Å²) in [6, 6.07) is 9.02. The summed E-state index contributed by atoms with van der Waals surface area (Å²) in [5, 5.41) is 3.39. The molecular formula is C25H22F3N5O2. The smallest absolute Gasteiger partial charge is 0.433 e. The van der Waals surface area contributed by atoms with E-state index in [4.69, 9.17) is 4.74 Å². The molecule has 3 aromatic heterocycles. The molecule has 0 aliphatic heterocycles. The molecule has 1 N–H and O–H groups in total. The van der Waals surface area contributed by atoms with Gasteiger partial charge in [0.15, 0.2) is 5.65 Å². The van der Waals surface area contributed by atoms with Crippen molar-refractivity contribution in [2.24, 2.45) is 0 Å². The molecule has 0 fully saturated rings. The largest absolute Gasteiger partial charge is 0.477 e. The summed E-state index contributed by atoms with van der Waals surface area (Å²) in [6.45, 7) is 6.09. The monoisotopic (exact) mass is 481 g/mol. The second-order valence-corrected chi connectivity index (χ2v) is 7.74. The van der Waals surface area contributed by atoms with Gasteiger partial charge in [0, 0.05) is 41.0 Å². The number of pyridine rings is 2. The number of carbonyl (C=O) groups excluding carboxylic acids is 1. The number of fused-ring (bicyclic) bond motifs is 1. The summed E-state index contributed by atoms with van der Waals surface area (Å²) in [6.07, 6.45) is -1.31. The van der Waals surface area contributed by atoms with E-state index in [1.807, 2.05) is 26.8 Å². The molecule has 0 aliphatic rings. The van der Waals surface area contributed by atoms with Crippen LogP contribution in [-0.4, -0.2) is 32.4 Å². The van der Waals surface area contributed by atoms with E-state index in [2.05, 4.69) is 25.3 Å². The van der Waals surface area contributed by atoms with Gasteiger partial charge in [0.2, 0.25) is 5.88 Å². The second-order valence-electron chi connectivity index (χ2n) is 7.74. The Morgan fingerprint density at radius 1 is 1.03 bits per heavy atom. The number of aromatic nitrogens is 4. The lowest BCUT2D eigenvalue weighted by atomic mass is 9.99. The molecule has 1 amide bonds. The van der Waals surface area contributed by atoms with Gasteiger partial charge in [-0.15, -0.1) is 0 Å². The molecule has 0 atom stereocenters.